The van der Waals surface area contributed by atoms with E-state index in [1.165, 1.54) is 24.0 Å². The molecule has 4 saturated heterocycles. The van der Waals surface area contributed by atoms with Gasteiger partial charge in [0, 0.05) is 25.7 Å². The first kappa shape index (κ1) is 39.4. The Balaban J connectivity index is 0.000000263. The molecule has 0 N–H and O–H groups in total. The molecular formula is C32H50I4NO5-. The van der Waals surface area contributed by atoms with Gasteiger partial charge in [-0.15, -0.1) is 24.0 Å². The fraction of sp³-hybridized carbons (Fsp3) is 0.812. The van der Waals surface area contributed by atoms with Crippen LogP contribution in [0.4, 0.5) is 0 Å². The van der Waals surface area contributed by atoms with E-state index in [9.17, 15) is 4.79 Å². The number of nitrogens with zero attached hydrogens (tertiary/aromatic N) is 1. The number of cyclic esters (lactones) is 1. The normalized spacial score (nSPS) is 37.1. The molecule has 0 aromatic carbocycles. The third kappa shape index (κ3) is 10.9. The number of carbonyl (C=O) groups excluding carboxylic acids is 1. The van der Waals surface area contributed by atoms with Crippen LogP contribution in [0, 0.1) is 18.4 Å². The Labute approximate surface area is 301 Å². The minimum Gasteiger partial charge on any atom is -0.371 e. The van der Waals surface area contributed by atoms with E-state index in [1.807, 2.05) is 13.8 Å². The smallest absolute Gasteiger partial charge is 0.223 e. The number of halogens is 4. The predicted octanol–water partition coefficient (Wildman–Crippen LogP) is 6.37. The van der Waals surface area contributed by atoms with Crippen molar-refractivity contribution in [2.24, 2.45) is 11.8 Å². The molecule has 10 heteroatoms. The largest absolute Gasteiger partial charge is 0.371 e. The molecule has 0 saturated carbocycles. The monoisotopic (exact) mass is 1040 g/mol. The fourth-order valence-electron chi connectivity index (χ4n) is 6.86. The number of carbonyl (C=O) groups is 1. The van der Waals surface area contributed by atoms with Crippen LogP contribution in [0.2, 0.25) is 0 Å². The summed E-state index contributed by atoms with van der Waals surface area (Å²) in [5.74, 6) is 0.535. The Kier molecular flexibility index (Phi) is 18.0. The van der Waals surface area contributed by atoms with Crippen LogP contribution in [0.1, 0.15) is 105 Å². The number of hydrogen-bond donors (Lipinski definition) is 0. The van der Waals surface area contributed by atoms with Crippen molar-refractivity contribution in [3.8, 4) is 0 Å². The fourth-order valence-corrected chi connectivity index (χ4v) is 6.86. The Bertz CT molecular complexity index is 958. The number of fused-ring (bicyclic) bond motifs is 1. The van der Waals surface area contributed by atoms with Crippen molar-refractivity contribution in [3.63, 3.8) is 0 Å². The van der Waals surface area contributed by atoms with Crippen LogP contribution in [0.15, 0.2) is 23.8 Å². The van der Waals surface area contributed by atoms with Gasteiger partial charge in [-0.1, -0.05) is 51.8 Å². The van der Waals surface area contributed by atoms with Crippen LogP contribution in [-0.4, -0.2) is 54.2 Å². The van der Waals surface area contributed by atoms with Gasteiger partial charge in [0.25, 0.3) is 0 Å². The van der Waals surface area contributed by atoms with E-state index in [0.717, 1.165) is 57.8 Å². The van der Waals surface area contributed by atoms with Gasteiger partial charge in [0.05, 0.1) is 36.4 Å². The summed E-state index contributed by atoms with van der Waals surface area (Å²) >= 11 is 5.30. The molecule has 2 bridgehead atoms. The van der Waals surface area contributed by atoms with Gasteiger partial charge in [0.15, 0.2) is 0 Å². The summed E-state index contributed by atoms with van der Waals surface area (Å²) in [5.41, 5.74) is 2.43. The average Bonchev–Trinajstić information content (AvgIpc) is 3.57. The molecule has 1 aliphatic carbocycles. The Morgan fingerprint density at radius 1 is 1.17 bits per heavy atom. The third-order valence-corrected chi connectivity index (χ3v) is 9.35. The summed E-state index contributed by atoms with van der Waals surface area (Å²) < 4.78 is 24.0. The van der Waals surface area contributed by atoms with Crippen molar-refractivity contribution >= 4 is 67.2 Å². The Hall–Kier alpha value is 1.24. The number of esters is 1. The molecule has 4 aliphatic heterocycles. The van der Waals surface area contributed by atoms with Crippen molar-refractivity contribution in [1.82, 2.24) is 0 Å². The first-order chi connectivity index (χ1) is 19.5. The molecule has 0 aromatic rings. The topological polar surface area (TPSA) is 58.4 Å². The van der Waals surface area contributed by atoms with E-state index in [2.05, 4.69) is 75.5 Å². The molecule has 242 valence electrons. The third-order valence-electron chi connectivity index (χ3n) is 9.35. The standard InChI is InChI=1S/C16H23NO2.C16H26O3.I3.HI/c1-10-8-16-9-14(12(10)3)18-15(16)6-5-13(19-16)7-11(2)17-4;1-4-5-6-13-9-11(2)15(18-13)8-7-14-10-12(3)16(17)19-14;1-3-2;/h8,11-15H,5-7,9H2,1-3H3;12-15H,2,4-10H2,1,3H3;;1H/q;;-1;/t11-,12?,13-,14-,15+,16+;12-,13+,14-,15?;;/m11../s1. The average molecular weight is 1040 g/mol. The molecule has 0 aromatic heterocycles. The summed E-state index contributed by atoms with van der Waals surface area (Å²) in [7, 11) is 0. The zero-order chi connectivity index (χ0) is 30.2. The predicted molar refractivity (Wildman–Crippen MR) is 192 cm³/mol. The maximum Gasteiger partial charge on any atom is 0.223 e. The second-order valence-electron chi connectivity index (χ2n) is 12.6. The van der Waals surface area contributed by atoms with Crippen LogP contribution in [0.3, 0.4) is 0 Å². The van der Waals surface area contributed by atoms with Gasteiger partial charge in [-0.25, -0.2) is 6.57 Å². The first-order valence-electron chi connectivity index (χ1n) is 15.4. The quantitative estimate of drug-likeness (QED) is 0.123. The molecular weight excluding hydrogens is 986 g/mol. The summed E-state index contributed by atoms with van der Waals surface area (Å²) in [4.78, 5) is 14.9. The van der Waals surface area contributed by atoms with Crippen LogP contribution in [0.25, 0.3) is 4.85 Å². The number of rotatable bonds is 8. The number of unbranched alkanes of at least 4 members (excludes halogenated alkanes) is 1. The number of hydrogen-bond acceptors (Lipinski definition) is 5. The van der Waals surface area contributed by atoms with Crippen molar-refractivity contribution in [1.29, 1.82) is 0 Å². The molecule has 42 heavy (non-hydrogen) atoms. The maximum absolute atomic E-state index is 11.3. The van der Waals surface area contributed by atoms with Gasteiger partial charge >= 0.3 is 56.5 Å². The van der Waals surface area contributed by atoms with Gasteiger partial charge in [-0.3, -0.25) is 4.79 Å². The van der Waals surface area contributed by atoms with Gasteiger partial charge in [0.1, 0.15) is 11.7 Å². The molecule has 5 aliphatic rings. The van der Waals surface area contributed by atoms with E-state index < -0.39 is 0 Å². The minimum absolute atomic E-state index is 0. The van der Waals surface area contributed by atoms with E-state index >= 15 is 0 Å². The van der Waals surface area contributed by atoms with E-state index in [0.29, 0.717) is 31.4 Å². The van der Waals surface area contributed by atoms with Crippen molar-refractivity contribution in [2.75, 3.05) is 0 Å². The number of ether oxygens (including phenoxy) is 4. The van der Waals surface area contributed by atoms with Gasteiger partial charge in [-0.05, 0) is 57.4 Å². The molecule has 10 atom stereocenters. The van der Waals surface area contributed by atoms with Gasteiger partial charge in [-0.2, -0.15) is 0 Å². The minimum atomic E-state index is -0.189. The van der Waals surface area contributed by atoms with Crippen LogP contribution < -0.4 is 13.3 Å². The molecule has 1 spiro atoms. The molecule has 0 radical (unpaired) electrons. The van der Waals surface area contributed by atoms with Crippen LogP contribution in [-0.2, 0) is 23.7 Å². The van der Waals surface area contributed by atoms with E-state index in [1.54, 1.807) is 0 Å². The molecule has 6 nitrogen and oxygen atoms in total. The van der Waals surface area contributed by atoms with E-state index in [-0.39, 0.29) is 71.9 Å². The molecule has 4 heterocycles. The zero-order valence-corrected chi connectivity index (χ0v) is 34.6. The maximum atomic E-state index is 11.3. The SMILES string of the molecule is C=C1C[C@H](CCCC)OC1CC[C@@H]1C[C@@H](C)C(=O)O1.I.I[I-]I.[C-]#[N+][C@H](C)C[C@H]1CC[C@@H]2O[C@@H]3C[C@]2(C=C(C)C3C)O1. The zero-order valence-electron chi connectivity index (χ0n) is 25.8. The molecule has 5 rings (SSSR count). The van der Waals surface area contributed by atoms with Crippen molar-refractivity contribution < 1.29 is 37.0 Å². The summed E-state index contributed by atoms with van der Waals surface area (Å²) in [5, 5.41) is 0. The van der Waals surface area contributed by atoms with Crippen molar-refractivity contribution in [2.45, 2.75) is 154 Å². The van der Waals surface area contributed by atoms with E-state index in [4.69, 9.17) is 25.5 Å². The van der Waals surface area contributed by atoms with Gasteiger partial charge in [0.2, 0.25) is 6.04 Å². The first-order valence-corrected chi connectivity index (χ1v) is 27.9. The molecule has 0 amide bonds. The molecule has 4 fully saturated rings. The summed E-state index contributed by atoms with van der Waals surface area (Å²) in [6, 6.07) is 0.0589. The second kappa shape index (κ2) is 19.2. The second-order valence-corrected chi connectivity index (χ2v) is 28.9. The Morgan fingerprint density at radius 2 is 1.88 bits per heavy atom. The Morgan fingerprint density at radius 3 is 2.50 bits per heavy atom. The summed E-state index contributed by atoms with van der Waals surface area (Å²) in [6.07, 6.45) is 15.0. The molecule has 2 unspecified atom stereocenters. The van der Waals surface area contributed by atoms with Gasteiger partial charge < -0.3 is 23.8 Å². The summed E-state index contributed by atoms with van der Waals surface area (Å²) in [6.45, 7) is 21.8. The van der Waals surface area contributed by atoms with Crippen LogP contribution in [0.5, 0.6) is 0 Å². The van der Waals surface area contributed by atoms with Crippen molar-refractivity contribution in [3.05, 3.63) is 35.2 Å². The van der Waals surface area contributed by atoms with Crippen LogP contribution >= 0.6 is 61.2 Å².